The first kappa shape index (κ1) is 9.68. The molecular formula is C13H16ClN. The van der Waals surface area contributed by atoms with Gasteiger partial charge in [-0.25, -0.2) is 0 Å². The second-order valence-corrected chi connectivity index (χ2v) is 5.57. The Kier molecular flexibility index (Phi) is 2.08. The fourth-order valence-corrected chi connectivity index (χ4v) is 2.85. The Labute approximate surface area is 95.6 Å². The van der Waals surface area contributed by atoms with Gasteiger partial charge in [0.15, 0.2) is 0 Å². The van der Waals surface area contributed by atoms with E-state index in [0.29, 0.717) is 5.92 Å². The smallest absolute Gasteiger partial charge is 0.0441 e. The Morgan fingerprint density at radius 3 is 2.73 bits per heavy atom. The van der Waals surface area contributed by atoms with Crippen LogP contribution < -0.4 is 5.73 Å². The van der Waals surface area contributed by atoms with Gasteiger partial charge in [0.05, 0.1) is 0 Å². The molecule has 0 aliphatic heterocycles. The molecule has 2 N–H and O–H groups in total. The van der Waals surface area contributed by atoms with Crippen molar-refractivity contribution in [2.24, 2.45) is 11.7 Å². The average Bonchev–Trinajstić information content (AvgIpc) is 3.08. The van der Waals surface area contributed by atoms with Crippen LogP contribution in [0.25, 0.3) is 0 Å². The van der Waals surface area contributed by atoms with Crippen LogP contribution in [0.4, 0.5) is 0 Å². The number of rotatable bonds is 3. The maximum Gasteiger partial charge on any atom is 0.0441 e. The van der Waals surface area contributed by atoms with Gasteiger partial charge < -0.3 is 5.73 Å². The van der Waals surface area contributed by atoms with E-state index < -0.39 is 0 Å². The van der Waals surface area contributed by atoms with Gasteiger partial charge in [-0.2, -0.15) is 0 Å². The van der Waals surface area contributed by atoms with E-state index in [4.69, 9.17) is 17.3 Å². The third kappa shape index (κ3) is 1.79. The highest BCUT2D eigenvalue weighted by molar-refractivity contribution is 6.31. The lowest BCUT2D eigenvalue weighted by atomic mass is 10.0. The van der Waals surface area contributed by atoms with Crippen LogP contribution >= 0.6 is 11.6 Å². The van der Waals surface area contributed by atoms with Crippen molar-refractivity contribution in [3.05, 3.63) is 34.9 Å². The van der Waals surface area contributed by atoms with E-state index in [1.165, 1.54) is 24.8 Å². The van der Waals surface area contributed by atoms with Crippen LogP contribution in [0.3, 0.4) is 0 Å². The first-order valence-electron chi connectivity index (χ1n) is 5.72. The number of halogens is 1. The third-order valence-corrected chi connectivity index (χ3v) is 4.11. The molecule has 0 saturated heterocycles. The van der Waals surface area contributed by atoms with Crippen molar-refractivity contribution in [3.63, 3.8) is 0 Å². The van der Waals surface area contributed by atoms with Gasteiger partial charge in [0.1, 0.15) is 0 Å². The summed E-state index contributed by atoms with van der Waals surface area (Å²) in [5.41, 5.74) is 7.69. The van der Waals surface area contributed by atoms with Crippen molar-refractivity contribution in [3.8, 4) is 0 Å². The summed E-state index contributed by atoms with van der Waals surface area (Å²) in [7, 11) is 0. The Balaban J connectivity index is 1.77. The highest BCUT2D eigenvalue weighted by atomic mass is 35.5. The van der Waals surface area contributed by atoms with Crippen LogP contribution in [0.15, 0.2) is 24.3 Å². The summed E-state index contributed by atoms with van der Waals surface area (Å²) in [6.07, 6.45) is 5.08. The van der Waals surface area contributed by atoms with Crippen molar-refractivity contribution >= 4 is 11.6 Å². The van der Waals surface area contributed by atoms with Crippen LogP contribution in [0.2, 0.25) is 5.02 Å². The van der Waals surface area contributed by atoms with Gasteiger partial charge in [0.2, 0.25) is 0 Å². The third-order valence-electron chi connectivity index (χ3n) is 3.76. The molecule has 2 aliphatic carbocycles. The summed E-state index contributed by atoms with van der Waals surface area (Å²) in [6.45, 7) is 0. The van der Waals surface area contributed by atoms with Gasteiger partial charge >= 0.3 is 0 Å². The van der Waals surface area contributed by atoms with E-state index in [9.17, 15) is 0 Å². The lowest BCUT2D eigenvalue weighted by molar-refractivity contribution is 0.545. The summed E-state index contributed by atoms with van der Waals surface area (Å²) in [5.74, 6) is 1.41. The number of hydrogen-bond acceptors (Lipinski definition) is 1. The quantitative estimate of drug-likeness (QED) is 0.833. The van der Waals surface area contributed by atoms with E-state index in [1.54, 1.807) is 0 Å². The summed E-state index contributed by atoms with van der Waals surface area (Å²) in [6, 6.07) is 8.12. The molecule has 0 bridgehead atoms. The molecule has 0 amide bonds. The highest BCUT2D eigenvalue weighted by Gasteiger charge is 2.54. The molecule has 2 heteroatoms. The molecule has 2 fully saturated rings. The number of benzene rings is 1. The zero-order valence-electron chi connectivity index (χ0n) is 8.75. The minimum absolute atomic E-state index is 0.0617. The van der Waals surface area contributed by atoms with Gasteiger partial charge in [-0.15, -0.1) is 0 Å². The lowest BCUT2D eigenvalue weighted by Gasteiger charge is -2.11. The zero-order chi connectivity index (χ0) is 10.5. The minimum Gasteiger partial charge on any atom is -0.325 e. The van der Waals surface area contributed by atoms with Crippen molar-refractivity contribution in [1.82, 2.24) is 0 Å². The molecule has 0 spiro atoms. The van der Waals surface area contributed by atoms with Crippen LogP contribution in [0.5, 0.6) is 0 Å². The average molecular weight is 222 g/mol. The summed E-state index contributed by atoms with van der Waals surface area (Å²) >= 11 is 6.18. The molecule has 2 aliphatic rings. The maximum absolute atomic E-state index is 6.37. The van der Waals surface area contributed by atoms with Crippen molar-refractivity contribution in [2.45, 2.75) is 37.1 Å². The molecule has 1 aromatic carbocycles. The largest absolute Gasteiger partial charge is 0.325 e. The molecule has 1 nitrogen and oxygen atoms in total. The SMILES string of the molecule is NC1(CC2CC2)CC1c1ccccc1Cl. The predicted octanol–water partition coefficient (Wildman–Crippen LogP) is 3.32. The molecule has 0 heterocycles. The fraction of sp³-hybridized carbons (Fsp3) is 0.538. The first-order chi connectivity index (χ1) is 7.19. The predicted molar refractivity (Wildman–Crippen MR) is 63.1 cm³/mol. The van der Waals surface area contributed by atoms with E-state index in [1.807, 2.05) is 12.1 Å². The maximum atomic E-state index is 6.37. The topological polar surface area (TPSA) is 26.0 Å². The normalized spacial score (nSPS) is 34.1. The van der Waals surface area contributed by atoms with Crippen LogP contribution in [0, 0.1) is 5.92 Å². The lowest BCUT2D eigenvalue weighted by Crippen LogP contribution is -2.25. The van der Waals surface area contributed by atoms with Crippen molar-refractivity contribution < 1.29 is 0 Å². The Hall–Kier alpha value is -0.530. The molecule has 0 radical (unpaired) electrons. The Morgan fingerprint density at radius 1 is 1.33 bits per heavy atom. The zero-order valence-corrected chi connectivity index (χ0v) is 9.50. The molecule has 2 saturated carbocycles. The number of nitrogens with two attached hydrogens (primary N) is 1. The highest BCUT2D eigenvalue weighted by Crippen LogP contribution is 2.57. The summed E-state index contributed by atoms with van der Waals surface area (Å²) in [4.78, 5) is 0. The van der Waals surface area contributed by atoms with Crippen LogP contribution in [0.1, 0.15) is 37.2 Å². The van der Waals surface area contributed by atoms with Gasteiger partial charge in [0, 0.05) is 16.5 Å². The van der Waals surface area contributed by atoms with Crippen LogP contribution in [-0.4, -0.2) is 5.54 Å². The van der Waals surface area contributed by atoms with E-state index in [0.717, 1.165) is 17.4 Å². The van der Waals surface area contributed by atoms with E-state index >= 15 is 0 Å². The second-order valence-electron chi connectivity index (χ2n) is 5.16. The van der Waals surface area contributed by atoms with Gasteiger partial charge in [0.25, 0.3) is 0 Å². The molecular weight excluding hydrogens is 206 g/mol. The first-order valence-corrected chi connectivity index (χ1v) is 6.10. The van der Waals surface area contributed by atoms with Gasteiger partial charge in [-0.3, -0.25) is 0 Å². The fourth-order valence-electron chi connectivity index (χ4n) is 2.58. The molecule has 80 valence electrons. The molecule has 2 atom stereocenters. The van der Waals surface area contributed by atoms with E-state index in [2.05, 4.69) is 12.1 Å². The standard InChI is InChI=1S/C13H16ClN/c14-12-4-2-1-3-10(12)11-8-13(11,15)7-9-5-6-9/h1-4,9,11H,5-8,15H2. The van der Waals surface area contributed by atoms with E-state index in [-0.39, 0.29) is 5.54 Å². The molecule has 0 aromatic heterocycles. The Morgan fingerprint density at radius 2 is 2.07 bits per heavy atom. The summed E-state index contributed by atoms with van der Waals surface area (Å²) < 4.78 is 0. The van der Waals surface area contributed by atoms with Gasteiger partial charge in [-0.1, -0.05) is 42.6 Å². The molecule has 2 unspecified atom stereocenters. The van der Waals surface area contributed by atoms with Gasteiger partial charge in [-0.05, 0) is 30.4 Å². The minimum atomic E-state index is 0.0617. The molecule has 1 aromatic rings. The Bertz CT molecular complexity index is 386. The second kappa shape index (κ2) is 3.23. The number of hydrogen-bond donors (Lipinski definition) is 1. The van der Waals surface area contributed by atoms with Crippen molar-refractivity contribution in [2.75, 3.05) is 0 Å². The van der Waals surface area contributed by atoms with Crippen molar-refractivity contribution in [1.29, 1.82) is 0 Å². The molecule has 15 heavy (non-hydrogen) atoms. The molecule has 3 rings (SSSR count). The van der Waals surface area contributed by atoms with Crippen LogP contribution in [-0.2, 0) is 0 Å². The summed E-state index contributed by atoms with van der Waals surface area (Å²) in [5, 5.41) is 0.880. The monoisotopic (exact) mass is 221 g/mol.